The second kappa shape index (κ2) is 7.07. The van der Waals surface area contributed by atoms with Gasteiger partial charge in [0.2, 0.25) is 0 Å². The Balaban J connectivity index is 1.61. The molecule has 1 aliphatic heterocycles. The van der Waals surface area contributed by atoms with Crippen LogP contribution < -0.4 is 0 Å². The van der Waals surface area contributed by atoms with Gasteiger partial charge < -0.3 is 4.90 Å². The van der Waals surface area contributed by atoms with Crippen molar-refractivity contribution in [3.63, 3.8) is 0 Å². The van der Waals surface area contributed by atoms with E-state index in [0.29, 0.717) is 6.54 Å². The standard InChI is InChI=1S/C20H21N5O/c1-15-21-11-13-25(15)19-18(22-9-10-23-19)17-8-5-12-24(14-17)20(26)16-6-3-2-4-7-16/h2-4,6-7,9-11,13,17H,5,8,12,14H2,1H3. The maximum atomic E-state index is 12.8. The number of aryl methyl sites for hydroxylation is 1. The van der Waals surface area contributed by atoms with E-state index in [1.807, 2.05) is 52.9 Å². The Kier molecular flexibility index (Phi) is 4.48. The third kappa shape index (κ3) is 3.10. The number of amides is 1. The Labute approximate surface area is 152 Å². The average Bonchev–Trinajstić information content (AvgIpc) is 3.14. The molecule has 0 spiro atoms. The molecule has 2 aromatic heterocycles. The minimum absolute atomic E-state index is 0.0829. The van der Waals surface area contributed by atoms with Crippen molar-refractivity contribution in [2.75, 3.05) is 13.1 Å². The largest absolute Gasteiger partial charge is 0.338 e. The molecule has 1 saturated heterocycles. The van der Waals surface area contributed by atoms with Gasteiger partial charge >= 0.3 is 0 Å². The van der Waals surface area contributed by atoms with E-state index in [-0.39, 0.29) is 11.8 Å². The molecule has 0 aliphatic carbocycles. The maximum Gasteiger partial charge on any atom is 0.253 e. The number of carbonyl (C=O) groups excluding carboxylic acids is 1. The Bertz CT molecular complexity index is 905. The number of aromatic nitrogens is 4. The van der Waals surface area contributed by atoms with E-state index in [0.717, 1.165) is 42.3 Å². The fourth-order valence-corrected chi connectivity index (χ4v) is 3.56. The molecule has 6 nitrogen and oxygen atoms in total. The van der Waals surface area contributed by atoms with Crippen LogP contribution in [-0.4, -0.2) is 43.4 Å². The lowest BCUT2D eigenvalue weighted by Crippen LogP contribution is -2.39. The number of benzene rings is 1. The van der Waals surface area contributed by atoms with Gasteiger partial charge in [0.25, 0.3) is 5.91 Å². The van der Waals surface area contributed by atoms with Gasteiger partial charge in [0.1, 0.15) is 5.82 Å². The van der Waals surface area contributed by atoms with Gasteiger partial charge in [-0.2, -0.15) is 0 Å². The first kappa shape index (κ1) is 16.4. The van der Waals surface area contributed by atoms with E-state index in [1.54, 1.807) is 18.6 Å². The van der Waals surface area contributed by atoms with Crippen molar-refractivity contribution >= 4 is 5.91 Å². The Morgan fingerprint density at radius 1 is 1.08 bits per heavy atom. The molecule has 26 heavy (non-hydrogen) atoms. The third-order valence-electron chi connectivity index (χ3n) is 4.88. The van der Waals surface area contributed by atoms with E-state index < -0.39 is 0 Å². The molecule has 1 fully saturated rings. The fourth-order valence-electron chi connectivity index (χ4n) is 3.56. The minimum Gasteiger partial charge on any atom is -0.338 e. The van der Waals surface area contributed by atoms with E-state index in [1.165, 1.54) is 0 Å². The van der Waals surface area contributed by atoms with Crippen molar-refractivity contribution in [3.8, 4) is 5.82 Å². The van der Waals surface area contributed by atoms with Gasteiger partial charge in [-0.15, -0.1) is 0 Å². The lowest BCUT2D eigenvalue weighted by atomic mass is 9.93. The predicted octanol–water partition coefficient (Wildman–Crippen LogP) is 2.99. The molecule has 4 rings (SSSR count). The molecule has 3 heterocycles. The highest BCUT2D eigenvalue weighted by Crippen LogP contribution is 2.29. The van der Waals surface area contributed by atoms with Gasteiger partial charge in [0.15, 0.2) is 5.82 Å². The van der Waals surface area contributed by atoms with E-state index in [4.69, 9.17) is 0 Å². The van der Waals surface area contributed by atoms with Gasteiger partial charge in [-0.05, 0) is 31.9 Å². The van der Waals surface area contributed by atoms with Crippen LogP contribution in [0.5, 0.6) is 0 Å². The van der Waals surface area contributed by atoms with Crippen LogP contribution in [0, 0.1) is 6.92 Å². The lowest BCUT2D eigenvalue weighted by molar-refractivity contribution is 0.0705. The van der Waals surface area contributed by atoms with E-state index >= 15 is 0 Å². The molecule has 1 atom stereocenters. The highest BCUT2D eigenvalue weighted by atomic mass is 16.2. The minimum atomic E-state index is 0.0829. The summed E-state index contributed by atoms with van der Waals surface area (Å²) >= 11 is 0. The first-order valence-corrected chi connectivity index (χ1v) is 8.89. The maximum absolute atomic E-state index is 12.8. The summed E-state index contributed by atoms with van der Waals surface area (Å²) < 4.78 is 1.96. The fraction of sp³-hybridized carbons (Fsp3) is 0.300. The quantitative estimate of drug-likeness (QED) is 0.731. The number of carbonyl (C=O) groups is 1. The molecule has 3 aromatic rings. The Morgan fingerprint density at radius 3 is 2.65 bits per heavy atom. The van der Waals surface area contributed by atoms with Gasteiger partial charge in [0, 0.05) is 49.4 Å². The molecule has 1 aliphatic rings. The summed E-state index contributed by atoms with van der Waals surface area (Å²) in [4.78, 5) is 28.2. The van der Waals surface area contributed by atoms with Crippen LogP contribution in [0.2, 0.25) is 0 Å². The molecule has 6 heteroatoms. The van der Waals surface area contributed by atoms with Crippen molar-refractivity contribution < 1.29 is 4.79 Å². The molecular weight excluding hydrogens is 326 g/mol. The molecule has 0 radical (unpaired) electrons. The summed E-state index contributed by atoms with van der Waals surface area (Å²) in [7, 11) is 0. The number of piperidine rings is 1. The zero-order valence-corrected chi connectivity index (χ0v) is 14.7. The van der Waals surface area contributed by atoms with E-state index in [2.05, 4.69) is 15.0 Å². The second-order valence-corrected chi connectivity index (χ2v) is 6.57. The summed E-state index contributed by atoms with van der Waals surface area (Å²) in [5, 5.41) is 0. The van der Waals surface area contributed by atoms with Crippen molar-refractivity contribution in [2.45, 2.75) is 25.7 Å². The zero-order chi connectivity index (χ0) is 17.9. The highest BCUT2D eigenvalue weighted by molar-refractivity contribution is 5.94. The van der Waals surface area contributed by atoms with Gasteiger partial charge in [-0.1, -0.05) is 18.2 Å². The smallest absolute Gasteiger partial charge is 0.253 e. The average molecular weight is 347 g/mol. The number of hydrogen-bond donors (Lipinski definition) is 0. The summed E-state index contributed by atoms with van der Waals surface area (Å²) in [6.45, 7) is 3.39. The number of nitrogens with zero attached hydrogens (tertiary/aromatic N) is 5. The third-order valence-corrected chi connectivity index (χ3v) is 4.88. The van der Waals surface area contributed by atoms with Crippen molar-refractivity contribution in [1.82, 2.24) is 24.4 Å². The van der Waals surface area contributed by atoms with Crippen LogP contribution in [0.15, 0.2) is 55.1 Å². The molecule has 1 amide bonds. The van der Waals surface area contributed by atoms with Crippen LogP contribution in [0.3, 0.4) is 0 Å². The van der Waals surface area contributed by atoms with Crippen LogP contribution in [0.1, 0.15) is 40.6 Å². The molecule has 0 N–H and O–H groups in total. The first-order valence-electron chi connectivity index (χ1n) is 8.89. The summed E-state index contributed by atoms with van der Waals surface area (Å²) in [5.41, 5.74) is 1.66. The molecule has 132 valence electrons. The van der Waals surface area contributed by atoms with Gasteiger partial charge in [0.05, 0.1) is 5.69 Å². The van der Waals surface area contributed by atoms with Crippen molar-refractivity contribution in [2.24, 2.45) is 0 Å². The normalized spacial score (nSPS) is 17.3. The summed E-state index contributed by atoms with van der Waals surface area (Å²) in [6, 6.07) is 9.46. The number of likely N-dealkylation sites (tertiary alicyclic amines) is 1. The lowest BCUT2D eigenvalue weighted by Gasteiger charge is -2.33. The summed E-state index contributed by atoms with van der Waals surface area (Å²) in [5.74, 6) is 1.93. The van der Waals surface area contributed by atoms with Crippen molar-refractivity contribution in [3.05, 3.63) is 72.2 Å². The van der Waals surface area contributed by atoms with Crippen molar-refractivity contribution in [1.29, 1.82) is 0 Å². The monoisotopic (exact) mass is 347 g/mol. The topological polar surface area (TPSA) is 63.9 Å². The van der Waals surface area contributed by atoms with Crippen LogP contribution >= 0.6 is 0 Å². The molecule has 0 bridgehead atoms. The highest BCUT2D eigenvalue weighted by Gasteiger charge is 2.28. The van der Waals surface area contributed by atoms with Gasteiger partial charge in [-0.25, -0.2) is 9.97 Å². The number of rotatable bonds is 3. The molecule has 0 saturated carbocycles. The van der Waals surface area contributed by atoms with E-state index in [9.17, 15) is 4.79 Å². The predicted molar refractivity (Wildman–Crippen MR) is 98.2 cm³/mol. The molecule has 1 aromatic carbocycles. The molecular formula is C20H21N5O. The number of imidazole rings is 1. The molecule has 1 unspecified atom stereocenters. The van der Waals surface area contributed by atoms with Gasteiger partial charge in [-0.3, -0.25) is 14.3 Å². The number of hydrogen-bond acceptors (Lipinski definition) is 4. The first-order chi connectivity index (χ1) is 12.7. The van der Waals surface area contributed by atoms with Crippen LogP contribution in [0.25, 0.3) is 5.82 Å². The SMILES string of the molecule is Cc1nccn1-c1nccnc1C1CCCN(C(=O)c2ccccc2)C1. The summed E-state index contributed by atoms with van der Waals surface area (Å²) in [6.07, 6.45) is 9.05. The second-order valence-electron chi connectivity index (χ2n) is 6.57. The van der Waals surface area contributed by atoms with Crippen LogP contribution in [0.4, 0.5) is 0 Å². The zero-order valence-electron chi connectivity index (χ0n) is 14.7. The Morgan fingerprint density at radius 2 is 1.88 bits per heavy atom. The van der Waals surface area contributed by atoms with Crippen LogP contribution in [-0.2, 0) is 0 Å². The Hall–Kier alpha value is -3.02.